The first kappa shape index (κ1) is 28.3. The lowest BCUT2D eigenvalue weighted by molar-refractivity contribution is 0.0726. The van der Waals surface area contributed by atoms with Gasteiger partial charge in [-0.25, -0.2) is 0 Å². The third kappa shape index (κ3) is 7.49. The van der Waals surface area contributed by atoms with Crippen molar-refractivity contribution < 1.29 is 14.3 Å². The van der Waals surface area contributed by atoms with Gasteiger partial charge in [0, 0.05) is 36.3 Å². The Labute approximate surface area is 246 Å². The van der Waals surface area contributed by atoms with Gasteiger partial charge in [-0.2, -0.15) is 0 Å². The fraction of sp³-hybridized carbons (Fsp3) is 0.139. The number of aromatic nitrogens is 1. The van der Waals surface area contributed by atoms with Gasteiger partial charge in [-0.1, -0.05) is 97.1 Å². The summed E-state index contributed by atoms with van der Waals surface area (Å²) in [6, 6.07) is 42.0. The molecule has 0 radical (unpaired) electrons. The Morgan fingerprint density at radius 1 is 0.548 bits per heavy atom. The van der Waals surface area contributed by atoms with Gasteiger partial charge in [-0.15, -0.1) is 0 Å². The number of rotatable bonds is 11. The fourth-order valence-electron chi connectivity index (χ4n) is 4.82. The highest BCUT2D eigenvalue weighted by atomic mass is 16.5. The average Bonchev–Trinajstić information content (AvgIpc) is 3.05. The van der Waals surface area contributed by atoms with E-state index in [9.17, 15) is 9.59 Å². The number of benzene rings is 4. The van der Waals surface area contributed by atoms with Crippen LogP contribution in [0.25, 0.3) is 0 Å². The van der Waals surface area contributed by atoms with Crippen molar-refractivity contribution >= 4 is 11.8 Å². The van der Waals surface area contributed by atoms with Crippen molar-refractivity contribution in [1.82, 2.24) is 14.8 Å². The highest BCUT2D eigenvalue weighted by Crippen LogP contribution is 2.21. The highest BCUT2D eigenvalue weighted by molar-refractivity contribution is 5.94. The molecular weight excluding hydrogens is 522 g/mol. The van der Waals surface area contributed by atoms with Crippen LogP contribution in [0.15, 0.2) is 133 Å². The smallest absolute Gasteiger partial charge is 0.254 e. The van der Waals surface area contributed by atoms with Gasteiger partial charge >= 0.3 is 0 Å². The van der Waals surface area contributed by atoms with Crippen molar-refractivity contribution in [2.75, 3.05) is 7.11 Å². The number of amides is 2. The Balaban J connectivity index is 1.45. The standard InChI is InChI=1S/C36H33N3O3/c1-42-34-22-32(26-38(24-28-14-6-2-7-15-28)35(40)30-18-10-4-11-19-30)37-33(23-34)27-39(25-29-16-8-3-9-17-29)36(41)31-20-12-5-13-21-31/h2-23H,24-27H2,1H3. The van der Waals surface area contributed by atoms with Crippen molar-refractivity contribution in [3.05, 3.63) is 167 Å². The maximum atomic E-state index is 13.6. The second-order valence-corrected chi connectivity index (χ2v) is 10.0. The number of hydrogen-bond donors (Lipinski definition) is 0. The number of nitrogens with zero attached hydrogens (tertiary/aromatic N) is 3. The van der Waals surface area contributed by atoms with Crippen LogP contribution in [0.5, 0.6) is 5.75 Å². The van der Waals surface area contributed by atoms with Gasteiger partial charge < -0.3 is 14.5 Å². The van der Waals surface area contributed by atoms with Crippen molar-refractivity contribution in [1.29, 1.82) is 0 Å². The lowest BCUT2D eigenvalue weighted by atomic mass is 10.1. The van der Waals surface area contributed by atoms with E-state index in [2.05, 4.69) is 0 Å². The number of carbonyl (C=O) groups is 2. The number of pyridine rings is 1. The molecule has 5 rings (SSSR count). The summed E-state index contributed by atoms with van der Waals surface area (Å²) < 4.78 is 5.64. The molecule has 4 aromatic carbocycles. The maximum Gasteiger partial charge on any atom is 0.254 e. The Morgan fingerprint density at radius 3 is 1.26 bits per heavy atom. The fourth-order valence-corrected chi connectivity index (χ4v) is 4.82. The Morgan fingerprint density at radius 2 is 0.905 bits per heavy atom. The monoisotopic (exact) mass is 555 g/mol. The van der Waals surface area contributed by atoms with Crippen LogP contribution < -0.4 is 4.74 Å². The molecule has 0 unspecified atom stereocenters. The first-order valence-corrected chi connectivity index (χ1v) is 13.9. The molecule has 0 saturated heterocycles. The molecule has 0 aliphatic rings. The Kier molecular flexibility index (Phi) is 9.37. The van der Waals surface area contributed by atoms with E-state index < -0.39 is 0 Å². The molecule has 0 fully saturated rings. The Bertz CT molecular complexity index is 1480. The zero-order valence-corrected chi connectivity index (χ0v) is 23.6. The van der Waals surface area contributed by atoms with Gasteiger partial charge in [-0.05, 0) is 35.4 Å². The van der Waals surface area contributed by atoms with Gasteiger partial charge in [0.1, 0.15) is 5.75 Å². The minimum absolute atomic E-state index is 0.0874. The molecule has 6 nitrogen and oxygen atoms in total. The molecule has 6 heteroatoms. The van der Waals surface area contributed by atoms with Crippen LogP contribution in [0.4, 0.5) is 0 Å². The summed E-state index contributed by atoms with van der Waals surface area (Å²) >= 11 is 0. The van der Waals surface area contributed by atoms with E-state index in [1.807, 2.05) is 133 Å². The van der Waals surface area contributed by atoms with E-state index in [0.717, 1.165) is 11.1 Å². The molecule has 0 spiro atoms. The number of ether oxygens (including phenoxy) is 1. The first-order chi connectivity index (χ1) is 20.6. The van der Waals surface area contributed by atoms with Crippen LogP contribution >= 0.6 is 0 Å². The van der Waals surface area contributed by atoms with Crippen LogP contribution in [0.1, 0.15) is 43.2 Å². The first-order valence-electron chi connectivity index (χ1n) is 13.9. The summed E-state index contributed by atoms with van der Waals surface area (Å²) in [7, 11) is 1.61. The van der Waals surface area contributed by atoms with E-state index in [0.29, 0.717) is 41.4 Å². The molecule has 5 aromatic rings. The zero-order chi connectivity index (χ0) is 29.1. The average molecular weight is 556 g/mol. The SMILES string of the molecule is COc1cc(CN(Cc2ccccc2)C(=O)c2ccccc2)nc(CN(Cc2ccccc2)C(=O)c2ccccc2)c1. The lowest BCUT2D eigenvalue weighted by Gasteiger charge is -2.25. The molecule has 0 bridgehead atoms. The van der Waals surface area contributed by atoms with E-state index >= 15 is 0 Å². The zero-order valence-electron chi connectivity index (χ0n) is 23.6. The summed E-state index contributed by atoms with van der Waals surface area (Å²) in [4.78, 5) is 35.8. The van der Waals surface area contributed by atoms with E-state index in [1.54, 1.807) is 16.9 Å². The summed E-state index contributed by atoms with van der Waals surface area (Å²) in [5.41, 5.74) is 4.62. The number of carbonyl (C=O) groups excluding carboxylic acids is 2. The van der Waals surface area contributed by atoms with Crippen molar-refractivity contribution in [2.45, 2.75) is 26.2 Å². The third-order valence-corrected chi connectivity index (χ3v) is 6.89. The van der Waals surface area contributed by atoms with Crippen molar-refractivity contribution in [3.63, 3.8) is 0 Å². The van der Waals surface area contributed by atoms with Crippen LogP contribution in [0, 0.1) is 0 Å². The van der Waals surface area contributed by atoms with Gasteiger partial charge in [0.2, 0.25) is 0 Å². The lowest BCUT2D eigenvalue weighted by Crippen LogP contribution is -2.32. The third-order valence-electron chi connectivity index (χ3n) is 6.89. The molecule has 2 amide bonds. The van der Waals surface area contributed by atoms with Crippen LogP contribution in [0.2, 0.25) is 0 Å². The Hall–Kier alpha value is -5.23. The number of methoxy groups -OCH3 is 1. The molecule has 0 saturated carbocycles. The van der Waals surface area contributed by atoms with Crippen LogP contribution in [0.3, 0.4) is 0 Å². The molecule has 1 heterocycles. The van der Waals surface area contributed by atoms with E-state index in [4.69, 9.17) is 9.72 Å². The highest BCUT2D eigenvalue weighted by Gasteiger charge is 2.21. The van der Waals surface area contributed by atoms with Crippen LogP contribution in [-0.4, -0.2) is 33.7 Å². The quantitative estimate of drug-likeness (QED) is 0.180. The van der Waals surface area contributed by atoms with Crippen molar-refractivity contribution in [3.8, 4) is 5.75 Å². The molecule has 1 aromatic heterocycles. The second-order valence-electron chi connectivity index (χ2n) is 10.0. The van der Waals surface area contributed by atoms with Gasteiger partial charge in [0.15, 0.2) is 0 Å². The largest absolute Gasteiger partial charge is 0.497 e. The number of hydrogen-bond acceptors (Lipinski definition) is 4. The molecule has 0 aliphatic heterocycles. The minimum atomic E-state index is -0.0874. The van der Waals surface area contributed by atoms with Crippen molar-refractivity contribution in [2.24, 2.45) is 0 Å². The molecular formula is C36H33N3O3. The molecule has 210 valence electrons. The molecule has 0 aliphatic carbocycles. The summed E-state index contributed by atoms with van der Waals surface area (Å²) in [5, 5.41) is 0. The second kappa shape index (κ2) is 13.9. The van der Waals surface area contributed by atoms with Gasteiger partial charge in [0.25, 0.3) is 11.8 Å². The topological polar surface area (TPSA) is 62.7 Å². The minimum Gasteiger partial charge on any atom is -0.497 e. The normalized spacial score (nSPS) is 10.6. The van der Waals surface area contributed by atoms with E-state index in [1.165, 1.54) is 0 Å². The molecule has 0 atom stereocenters. The summed E-state index contributed by atoms with van der Waals surface area (Å²) in [6.07, 6.45) is 0. The predicted octanol–water partition coefficient (Wildman–Crippen LogP) is 6.78. The molecule has 0 N–H and O–H groups in total. The van der Waals surface area contributed by atoms with E-state index in [-0.39, 0.29) is 24.9 Å². The predicted molar refractivity (Wildman–Crippen MR) is 164 cm³/mol. The van der Waals surface area contributed by atoms with Crippen LogP contribution in [-0.2, 0) is 26.2 Å². The summed E-state index contributed by atoms with van der Waals surface area (Å²) in [6.45, 7) is 1.40. The summed E-state index contributed by atoms with van der Waals surface area (Å²) in [5.74, 6) is 0.444. The molecule has 42 heavy (non-hydrogen) atoms. The maximum absolute atomic E-state index is 13.6. The van der Waals surface area contributed by atoms with Gasteiger partial charge in [-0.3, -0.25) is 14.6 Å². The van der Waals surface area contributed by atoms with Gasteiger partial charge in [0.05, 0.1) is 31.6 Å².